The molecule has 15 heavy (non-hydrogen) atoms. The van der Waals surface area contributed by atoms with Crippen LogP contribution in [0.25, 0.3) is 0 Å². The fourth-order valence-corrected chi connectivity index (χ4v) is 1.89. The van der Waals surface area contributed by atoms with Crippen LogP contribution in [0.4, 0.5) is 5.13 Å². The first-order valence-corrected chi connectivity index (χ1v) is 5.76. The van der Waals surface area contributed by atoms with Gasteiger partial charge in [0.15, 0.2) is 0 Å². The van der Waals surface area contributed by atoms with E-state index in [4.69, 9.17) is 0 Å². The molecular formula is C9H16N4OS. The molecule has 0 radical (unpaired) electrons. The van der Waals surface area contributed by atoms with E-state index in [-0.39, 0.29) is 5.91 Å². The van der Waals surface area contributed by atoms with Gasteiger partial charge in [-0.2, -0.15) is 4.37 Å². The molecule has 1 aromatic heterocycles. The van der Waals surface area contributed by atoms with Crippen LogP contribution in [0.3, 0.4) is 0 Å². The van der Waals surface area contributed by atoms with Crippen LogP contribution in [0.2, 0.25) is 0 Å². The van der Waals surface area contributed by atoms with Gasteiger partial charge in [-0.15, -0.1) is 0 Å². The molecule has 1 aromatic rings. The lowest BCUT2D eigenvalue weighted by molar-refractivity contribution is -0.119. The Bertz CT molecular complexity index is 326. The van der Waals surface area contributed by atoms with Gasteiger partial charge in [0.2, 0.25) is 11.0 Å². The molecule has 5 nitrogen and oxygen atoms in total. The summed E-state index contributed by atoms with van der Waals surface area (Å²) >= 11 is 1.33. The highest BCUT2D eigenvalue weighted by atomic mass is 32.1. The minimum atomic E-state index is 0.0206. The lowest BCUT2D eigenvalue weighted by Gasteiger charge is -2.18. The minimum Gasteiger partial charge on any atom is -0.355 e. The van der Waals surface area contributed by atoms with Crippen LogP contribution in [-0.2, 0) is 4.79 Å². The largest absolute Gasteiger partial charge is 0.355 e. The van der Waals surface area contributed by atoms with Crippen molar-refractivity contribution in [2.24, 2.45) is 0 Å². The van der Waals surface area contributed by atoms with Crippen molar-refractivity contribution in [2.75, 3.05) is 24.5 Å². The van der Waals surface area contributed by atoms with Gasteiger partial charge in [0.05, 0.1) is 6.54 Å². The van der Waals surface area contributed by atoms with Gasteiger partial charge in [0, 0.05) is 24.6 Å². The molecule has 0 atom stereocenters. The predicted octanol–water partition coefficient (Wildman–Crippen LogP) is 0.809. The van der Waals surface area contributed by atoms with Gasteiger partial charge >= 0.3 is 0 Å². The SMILES string of the molecule is CCNC(=O)CN(CC)c1nc(C)ns1. The van der Waals surface area contributed by atoms with Gasteiger partial charge in [0.1, 0.15) is 5.82 Å². The summed E-state index contributed by atoms with van der Waals surface area (Å²) in [6.07, 6.45) is 0. The first-order valence-electron chi connectivity index (χ1n) is 4.99. The van der Waals surface area contributed by atoms with Gasteiger partial charge < -0.3 is 10.2 Å². The summed E-state index contributed by atoms with van der Waals surface area (Å²) in [5.74, 6) is 0.775. The number of rotatable bonds is 5. The Hall–Kier alpha value is -1.17. The zero-order chi connectivity index (χ0) is 11.3. The maximum atomic E-state index is 11.4. The molecular weight excluding hydrogens is 212 g/mol. The molecule has 0 aliphatic rings. The van der Waals surface area contributed by atoms with Crippen molar-refractivity contribution in [1.82, 2.24) is 14.7 Å². The summed E-state index contributed by atoms with van der Waals surface area (Å²) in [4.78, 5) is 17.6. The highest BCUT2D eigenvalue weighted by Crippen LogP contribution is 2.15. The van der Waals surface area contributed by atoms with Crippen LogP contribution in [0.1, 0.15) is 19.7 Å². The summed E-state index contributed by atoms with van der Waals surface area (Å²) in [5.41, 5.74) is 0. The first-order chi connectivity index (χ1) is 7.17. The van der Waals surface area contributed by atoms with Crippen LogP contribution in [0, 0.1) is 6.92 Å². The number of hydrogen-bond donors (Lipinski definition) is 1. The molecule has 84 valence electrons. The number of amides is 1. The molecule has 0 aromatic carbocycles. The Labute approximate surface area is 93.7 Å². The molecule has 1 amide bonds. The second kappa shape index (κ2) is 5.65. The average Bonchev–Trinajstić information content (AvgIpc) is 2.61. The number of nitrogens with one attached hydrogen (secondary N) is 1. The molecule has 0 unspecified atom stereocenters. The van der Waals surface area contributed by atoms with Crippen molar-refractivity contribution in [3.05, 3.63) is 5.82 Å². The molecule has 6 heteroatoms. The van der Waals surface area contributed by atoms with E-state index in [1.54, 1.807) is 0 Å². The Morgan fingerprint density at radius 2 is 2.27 bits per heavy atom. The van der Waals surface area contributed by atoms with Crippen LogP contribution < -0.4 is 10.2 Å². The molecule has 0 aliphatic heterocycles. The minimum absolute atomic E-state index is 0.0206. The van der Waals surface area contributed by atoms with E-state index in [1.165, 1.54) is 11.5 Å². The fourth-order valence-electron chi connectivity index (χ4n) is 1.16. The predicted molar refractivity (Wildman–Crippen MR) is 61.2 cm³/mol. The van der Waals surface area contributed by atoms with Gasteiger partial charge in [-0.3, -0.25) is 4.79 Å². The number of carbonyl (C=O) groups excluding carboxylic acids is 1. The third kappa shape index (κ3) is 3.47. The second-order valence-corrected chi connectivity index (χ2v) is 3.82. The number of aryl methyl sites for hydroxylation is 1. The van der Waals surface area contributed by atoms with Crippen molar-refractivity contribution in [3.8, 4) is 0 Å². The van der Waals surface area contributed by atoms with E-state index >= 15 is 0 Å². The Morgan fingerprint density at radius 1 is 1.53 bits per heavy atom. The molecule has 0 bridgehead atoms. The van der Waals surface area contributed by atoms with E-state index in [9.17, 15) is 4.79 Å². The van der Waals surface area contributed by atoms with E-state index in [0.29, 0.717) is 13.1 Å². The van der Waals surface area contributed by atoms with Crippen molar-refractivity contribution in [2.45, 2.75) is 20.8 Å². The second-order valence-electron chi connectivity index (χ2n) is 3.09. The Balaban J connectivity index is 2.60. The van der Waals surface area contributed by atoms with Crippen molar-refractivity contribution in [1.29, 1.82) is 0 Å². The zero-order valence-corrected chi connectivity index (χ0v) is 10.1. The maximum absolute atomic E-state index is 11.4. The number of anilines is 1. The third-order valence-electron chi connectivity index (χ3n) is 1.88. The lowest BCUT2D eigenvalue weighted by Crippen LogP contribution is -2.37. The standard InChI is InChI=1S/C9H16N4OS/c1-4-10-8(14)6-13(5-2)9-11-7(3)12-15-9/h4-6H2,1-3H3,(H,10,14). The van der Waals surface area contributed by atoms with Crippen LogP contribution >= 0.6 is 11.5 Å². The quantitative estimate of drug-likeness (QED) is 0.810. The van der Waals surface area contributed by atoms with Crippen molar-refractivity contribution >= 4 is 22.6 Å². The Kier molecular flexibility index (Phi) is 4.48. The molecule has 0 saturated heterocycles. The fraction of sp³-hybridized carbons (Fsp3) is 0.667. The van der Waals surface area contributed by atoms with Gasteiger partial charge in [-0.25, -0.2) is 4.98 Å². The first kappa shape index (κ1) is 11.9. The summed E-state index contributed by atoms with van der Waals surface area (Å²) < 4.78 is 4.10. The highest BCUT2D eigenvalue weighted by molar-refractivity contribution is 7.09. The van der Waals surface area contributed by atoms with Crippen LogP contribution in [0.15, 0.2) is 0 Å². The maximum Gasteiger partial charge on any atom is 0.239 e. The normalized spacial score (nSPS) is 10.1. The third-order valence-corrected chi connectivity index (χ3v) is 2.75. The number of likely N-dealkylation sites (N-methyl/N-ethyl adjacent to an activating group) is 2. The molecule has 0 spiro atoms. The van der Waals surface area contributed by atoms with Crippen molar-refractivity contribution < 1.29 is 4.79 Å². The zero-order valence-electron chi connectivity index (χ0n) is 9.28. The number of carbonyl (C=O) groups is 1. The number of aromatic nitrogens is 2. The lowest BCUT2D eigenvalue weighted by atomic mass is 10.5. The van der Waals surface area contributed by atoms with E-state index < -0.39 is 0 Å². The van der Waals surface area contributed by atoms with E-state index in [0.717, 1.165) is 17.5 Å². The summed E-state index contributed by atoms with van der Waals surface area (Å²) in [5, 5.41) is 3.57. The monoisotopic (exact) mass is 228 g/mol. The molecule has 1 rings (SSSR count). The van der Waals surface area contributed by atoms with Gasteiger partial charge in [-0.1, -0.05) is 0 Å². The molecule has 1 N–H and O–H groups in total. The topological polar surface area (TPSA) is 58.1 Å². The Morgan fingerprint density at radius 3 is 2.73 bits per heavy atom. The number of nitrogens with zero attached hydrogens (tertiary/aromatic N) is 3. The molecule has 0 saturated carbocycles. The summed E-state index contributed by atoms with van der Waals surface area (Å²) in [7, 11) is 0. The molecule has 0 fully saturated rings. The van der Waals surface area contributed by atoms with Crippen LogP contribution in [-0.4, -0.2) is 34.9 Å². The van der Waals surface area contributed by atoms with Gasteiger partial charge in [0.25, 0.3) is 0 Å². The highest BCUT2D eigenvalue weighted by Gasteiger charge is 2.12. The molecule has 0 aliphatic carbocycles. The number of hydrogen-bond acceptors (Lipinski definition) is 5. The average molecular weight is 228 g/mol. The van der Waals surface area contributed by atoms with Crippen molar-refractivity contribution in [3.63, 3.8) is 0 Å². The van der Waals surface area contributed by atoms with Crippen LogP contribution in [0.5, 0.6) is 0 Å². The van der Waals surface area contributed by atoms with E-state index in [1.807, 2.05) is 25.7 Å². The summed E-state index contributed by atoms with van der Waals surface area (Å²) in [6.45, 7) is 7.51. The molecule has 1 heterocycles. The summed E-state index contributed by atoms with van der Waals surface area (Å²) in [6, 6.07) is 0. The van der Waals surface area contributed by atoms with E-state index in [2.05, 4.69) is 14.7 Å². The smallest absolute Gasteiger partial charge is 0.239 e. The van der Waals surface area contributed by atoms with Gasteiger partial charge in [-0.05, 0) is 20.8 Å².